The topological polar surface area (TPSA) is 108 Å². The van der Waals surface area contributed by atoms with Crippen molar-refractivity contribution in [2.45, 2.75) is 30.7 Å². The van der Waals surface area contributed by atoms with Crippen molar-refractivity contribution in [3.63, 3.8) is 0 Å². The molecule has 2 rings (SSSR count). The number of sulfonamides is 1. The number of hydrogen-bond donors (Lipinski definition) is 3. The van der Waals surface area contributed by atoms with Crippen molar-refractivity contribution in [2.75, 3.05) is 19.5 Å². The highest BCUT2D eigenvalue weighted by Gasteiger charge is 2.20. The normalized spacial score (nSPS) is 12.6. The summed E-state index contributed by atoms with van der Waals surface area (Å²) in [6.45, 7) is 1.90. The van der Waals surface area contributed by atoms with Gasteiger partial charge in [0.1, 0.15) is 5.75 Å². The molecule has 3 N–H and O–H groups in total. The molecule has 1 unspecified atom stereocenters. The second-order valence-corrected chi connectivity index (χ2v) is 8.26. The zero-order valence-corrected chi connectivity index (χ0v) is 16.9. The molecule has 0 saturated heterocycles. The molecule has 8 nitrogen and oxygen atoms in total. The van der Waals surface area contributed by atoms with Crippen LogP contribution in [0.25, 0.3) is 0 Å². The Bertz CT molecular complexity index is 883. The number of nitrogens with zero attached hydrogens (tertiary/aromatic N) is 1. The fraction of sp³-hybridized carbons (Fsp3) is 0.316. The molecular weight excluding hydrogens is 382 g/mol. The summed E-state index contributed by atoms with van der Waals surface area (Å²) >= 11 is 0. The van der Waals surface area contributed by atoms with Crippen molar-refractivity contribution < 1.29 is 23.2 Å². The second kappa shape index (κ2) is 9.54. The number of aryl methyl sites for hydroxylation is 1. The molecule has 0 aliphatic heterocycles. The smallest absolute Gasteiger partial charge is 0.319 e. The number of rotatable bonds is 8. The number of amides is 2. The number of benzene rings is 2. The third-order valence-electron chi connectivity index (χ3n) is 4.19. The first-order valence-electron chi connectivity index (χ1n) is 8.71. The van der Waals surface area contributed by atoms with E-state index in [2.05, 4.69) is 10.6 Å². The average Bonchev–Trinajstić information content (AvgIpc) is 2.67. The first-order valence-corrected chi connectivity index (χ1v) is 10.1. The summed E-state index contributed by atoms with van der Waals surface area (Å²) < 4.78 is 25.0. The standard InChI is InChI=1S/C19H25N3O5S/c1-14(4-5-15-6-10-17(23)11-7-15)20-19(24)21-16-8-12-18(13-9-16)28(25,26)22(2)27-3/h6-14,23H,4-5H2,1-3H3,(H2,20,21,24). The zero-order valence-electron chi connectivity index (χ0n) is 16.0. The van der Waals surface area contributed by atoms with Crippen LogP contribution >= 0.6 is 0 Å². The molecule has 2 amide bonds. The molecular formula is C19H25N3O5S. The Morgan fingerprint density at radius 2 is 1.75 bits per heavy atom. The van der Waals surface area contributed by atoms with Crippen LogP contribution in [0.5, 0.6) is 5.75 Å². The molecule has 0 aliphatic carbocycles. The Hall–Kier alpha value is -2.62. The molecule has 2 aromatic carbocycles. The predicted molar refractivity (Wildman–Crippen MR) is 106 cm³/mol. The summed E-state index contributed by atoms with van der Waals surface area (Å²) in [5, 5.41) is 14.8. The van der Waals surface area contributed by atoms with E-state index in [9.17, 15) is 18.3 Å². The molecule has 0 heterocycles. The van der Waals surface area contributed by atoms with E-state index in [1.165, 1.54) is 38.4 Å². The number of hydrogen-bond acceptors (Lipinski definition) is 5. The van der Waals surface area contributed by atoms with E-state index in [1.807, 2.05) is 19.1 Å². The molecule has 0 radical (unpaired) electrons. The van der Waals surface area contributed by atoms with E-state index in [1.54, 1.807) is 12.1 Å². The highest BCUT2D eigenvalue weighted by Crippen LogP contribution is 2.17. The summed E-state index contributed by atoms with van der Waals surface area (Å²) in [4.78, 5) is 16.9. The van der Waals surface area contributed by atoms with Crippen molar-refractivity contribution in [1.82, 2.24) is 9.79 Å². The van der Waals surface area contributed by atoms with E-state index in [0.717, 1.165) is 22.9 Å². The van der Waals surface area contributed by atoms with Crippen LogP contribution in [0.4, 0.5) is 10.5 Å². The van der Waals surface area contributed by atoms with Gasteiger partial charge in [0.2, 0.25) is 0 Å². The summed E-state index contributed by atoms with van der Waals surface area (Å²) in [7, 11) is -1.16. The Labute approximate surface area is 165 Å². The van der Waals surface area contributed by atoms with Gasteiger partial charge in [0.15, 0.2) is 0 Å². The number of carbonyl (C=O) groups is 1. The van der Waals surface area contributed by atoms with Gasteiger partial charge in [0, 0.05) is 18.8 Å². The summed E-state index contributed by atoms with van der Waals surface area (Å²) in [6.07, 6.45) is 1.50. The number of phenolic OH excluding ortho intramolecular Hbond substituents is 1. The van der Waals surface area contributed by atoms with Crippen LogP contribution < -0.4 is 10.6 Å². The first-order chi connectivity index (χ1) is 13.2. The van der Waals surface area contributed by atoms with Crippen LogP contribution in [0, 0.1) is 0 Å². The number of anilines is 1. The first kappa shape index (κ1) is 21.7. The average molecular weight is 407 g/mol. The molecule has 0 spiro atoms. The minimum Gasteiger partial charge on any atom is -0.508 e. The minimum atomic E-state index is -3.72. The Morgan fingerprint density at radius 3 is 2.32 bits per heavy atom. The van der Waals surface area contributed by atoms with Crippen molar-refractivity contribution in [1.29, 1.82) is 0 Å². The highest BCUT2D eigenvalue weighted by atomic mass is 32.2. The van der Waals surface area contributed by atoms with Gasteiger partial charge in [-0.2, -0.15) is 0 Å². The van der Waals surface area contributed by atoms with E-state index < -0.39 is 10.0 Å². The molecule has 152 valence electrons. The number of aromatic hydroxyl groups is 1. The van der Waals surface area contributed by atoms with Crippen molar-refractivity contribution in [3.8, 4) is 5.75 Å². The number of hydroxylamine groups is 1. The maximum atomic E-state index is 12.1. The quantitative estimate of drug-likeness (QED) is 0.583. The van der Waals surface area contributed by atoms with Crippen molar-refractivity contribution in [3.05, 3.63) is 54.1 Å². The molecule has 0 saturated carbocycles. The summed E-state index contributed by atoms with van der Waals surface area (Å²) in [6, 6.07) is 12.3. The monoisotopic (exact) mass is 407 g/mol. The Morgan fingerprint density at radius 1 is 1.14 bits per heavy atom. The number of phenols is 1. The molecule has 0 aliphatic rings. The molecule has 0 bridgehead atoms. The van der Waals surface area contributed by atoms with Gasteiger partial charge >= 0.3 is 6.03 Å². The van der Waals surface area contributed by atoms with E-state index in [4.69, 9.17) is 4.84 Å². The van der Waals surface area contributed by atoms with Crippen LogP contribution in [-0.4, -0.2) is 44.2 Å². The van der Waals surface area contributed by atoms with Gasteiger partial charge in [-0.05, 0) is 61.7 Å². The van der Waals surface area contributed by atoms with Gasteiger partial charge in [-0.3, -0.25) is 4.84 Å². The molecule has 28 heavy (non-hydrogen) atoms. The molecule has 9 heteroatoms. The van der Waals surface area contributed by atoms with Crippen molar-refractivity contribution in [2.24, 2.45) is 0 Å². The minimum absolute atomic E-state index is 0.0603. The SMILES string of the molecule is CON(C)S(=O)(=O)c1ccc(NC(=O)NC(C)CCc2ccc(O)cc2)cc1. The third-order valence-corrected chi connectivity index (χ3v) is 5.88. The molecule has 2 aromatic rings. The van der Waals surface area contributed by atoms with Gasteiger partial charge in [-0.15, -0.1) is 0 Å². The van der Waals surface area contributed by atoms with Gasteiger partial charge in [0.25, 0.3) is 10.0 Å². The lowest BCUT2D eigenvalue weighted by atomic mass is 10.1. The van der Waals surface area contributed by atoms with Crippen molar-refractivity contribution >= 4 is 21.7 Å². The molecule has 0 aromatic heterocycles. The van der Waals surface area contributed by atoms with Crippen LogP contribution in [0.2, 0.25) is 0 Å². The maximum absolute atomic E-state index is 12.1. The third kappa shape index (κ3) is 5.95. The van der Waals surface area contributed by atoms with Gasteiger partial charge < -0.3 is 15.7 Å². The van der Waals surface area contributed by atoms with E-state index in [0.29, 0.717) is 5.69 Å². The van der Waals surface area contributed by atoms with E-state index in [-0.39, 0.29) is 22.7 Å². The fourth-order valence-electron chi connectivity index (χ4n) is 2.47. The van der Waals surface area contributed by atoms with Gasteiger partial charge in [0.05, 0.1) is 12.0 Å². The lowest BCUT2D eigenvalue weighted by molar-refractivity contribution is -0.0258. The summed E-state index contributed by atoms with van der Waals surface area (Å²) in [5.41, 5.74) is 1.55. The largest absolute Gasteiger partial charge is 0.508 e. The molecule has 0 fully saturated rings. The number of carbonyl (C=O) groups excluding carboxylic acids is 1. The highest BCUT2D eigenvalue weighted by molar-refractivity contribution is 7.89. The Balaban J connectivity index is 1.86. The maximum Gasteiger partial charge on any atom is 0.319 e. The van der Waals surface area contributed by atoms with Crippen LogP contribution in [0.3, 0.4) is 0 Å². The van der Waals surface area contributed by atoms with Crippen LogP contribution in [-0.2, 0) is 21.3 Å². The summed E-state index contributed by atoms with van der Waals surface area (Å²) in [5.74, 6) is 0.224. The zero-order chi connectivity index (χ0) is 20.7. The lowest BCUT2D eigenvalue weighted by Crippen LogP contribution is -2.36. The van der Waals surface area contributed by atoms with Crippen LogP contribution in [0.15, 0.2) is 53.4 Å². The predicted octanol–water partition coefficient (Wildman–Crippen LogP) is 2.72. The fourth-order valence-corrected chi connectivity index (χ4v) is 3.44. The number of nitrogens with one attached hydrogen (secondary N) is 2. The lowest BCUT2D eigenvalue weighted by Gasteiger charge is -2.16. The second-order valence-electron chi connectivity index (χ2n) is 6.33. The number of urea groups is 1. The molecule has 1 atom stereocenters. The van der Waals surface area contributed by atoms with E-state index >= 15 is 0 Å². The van der Waals surface area contributed by atoms with Gasteiger partial charge in [-0.25, -0.2) is 13.2 Å². The van der Waals surface area contributed by atoms with Crippen LogP contribution in [0.1, 0.15) is 18.9 Å². The van der Waals surface area contributed by atoms with Gasteiger partial charge in [-0.1, -0.05) is 16.6 Å². The Kier molecular flexibility index (Phi) is 7.38.